The maximum atomic E-state index is 12.0. The molecule has 10 heteroatoms. The Morgan fingerprint density at radius 2 is 1.03 bits per heavy atom. The van der Waals surface area contributed by atoms with Crippen LogP contribution < -0.4 is 0 Å². The van der Waals surface area contributed by atoms with Gasteiger partial charge in [-0.25, -0.2) is 9.59 Å². The Morgan fingerprint density at radius 3 is 1.38 bits per heavy atom. The van der Waals surface area contributed by atoms with Crippen molar-refractivity contribution in [3.05, 3.63) is 115 Å². The van der Waals surface area contributed by atoms with Crippen molar-refractivity contribution in [1.82, 2.24) is 0 Å². The number of para-hydroxylation sites is 2. The molecule has 3 aromatic rings. The van der Waals surface area contributed by atoms with Gasteiger partial charge in [-0.15, -0.1) is 0 Å². The van der Waals surface area contributed by atoms with Crippen LogP contribution in [0.5, 0.6) is 0 Å². The maximum Gasteiger partial charge on any atom is 0.336 e. The van der Waals surface area contributed by atoms with Crippen molar-refractivity contribution in [3.8, 4) is 0 Å². The molecule has 0 aromatic heterocycles. The summed E-state index contributed by atoms with van der Waals surface area (Å²) in [7, 11) is 0. The van der Waals surface area contributed by atoms with Crippen molar-refractivity contribution >= 4 is 46.6 Å². The van der Waals surface area contributed by atoms with Crippen LogP contribution in [0.4, 0.5) is 11.4 Å². The Morgan fingerprint density at radius 1 is 0.647 bits per heavy atom. The number of carboxylic acids is 2. The molecular weight excluding hydrogens is 444 g/mol. The second kappa shape index (κ2) is 10.0. The number of nitro benzene ring substituents is 2. The Bertz CT molecular complexity index is 1270. The highest BCUT2D eigenvalue weighted by molar-refractivity contribution is 6.23. The van der Waals surface area contributed by atoms with E-state index in [9.17, 15) is 40.0 Å². The zero-order chi connectivity index (χ0) is 24.8. The SMILES string of the molecule is O=C(O)C(=Cc1ccccc1[N+](=O)[O-])c1cccc(C(=Cc2ccccc2[N+](=O)[O-])C(=O)O)c1. The Labute approximate surface area is 192 Å². The van der Waals surface area contributed by atoms with Crippen LogP contribution in [0.3, 0.4) is 0 Å². The third-order valence-corrected chi connectivity index (χ3v) is 4.81. The average Bonchev–Trinajstić information content (AvgIpc) is 2.81. The fourth-order valence-corrected chi connectivity index (χ4v) is 3.25. The fourth-order valence-electron chi connectivity index (χ4n) is 3.25. The molecule has 0 amide bonds. The van der Waals surface area contributed by atoms with Gasteiger partial charge in [0.25, 0.3) is 11.4 Å². The van der Waals surface area contributed by atoms with Crippen LogP contribution in [0.25, 0.3) is 23.3 Å². The third kappa shape index (κ3) is 5.19. The normalized spacial score (nSPS) is 11.6. The number of carboxylic acid groups (broad SMARTS) is 2. The minimum absolute atomic E-state index is 0.0595. The molecule has 0 spiro atoms. The number of carbonyl (C=O) groups is 2. The lowest BCUT2D eigenvalue weighted by Gasteiger charge is -2.08. The van der Waals surface area contributed by atoms with Gasteiger partial charge in [0.1, 0.15) is 0 Å². The number of nitrogens with zero attached hydrogens (tertiary/aromatic N) is 2. The minimum Gasteiger partial charge on any atom is -0.478 e. The summed E-state index contributed by atoms with van der Waals surface area (Å²) < 4.78 is 0. The molecule has 0 heterocycles. The molecule has 0 radical (unpaired) electrons. The van der Waals surface area contributed by atoms with Crippen LogP contribution in [0.1, 0.15) is 22.3 Å². The standard InChI is InChI=1S/C24H16N2O8/c27-23(28)19(13-17-6-1-3-10-21(17)25(31)32)15-8-5-9-16(12-15)20(24(29)30)14-18-7-2-4-11-22(18)26(33)34/h1-14H,(H,27,28)(H,29,30). The zero-order valence-corrected chi connectivity index (χ0v) is 17.3. The summed E-state index contributed by atoms with van der Waals surface area (Å²) in [6.45, 7) is 0. The van der Waals surface area contributed by atoms with E-state index in [2.05, 4.69) is 0 Å². The molecule has 34 heavy (non-hydrogen) atoms. The molecule has 170 valence electrons. The first-order chi connectivity index (χ1) is 16.2. The van der Waals surface area contributed by atoms with Crippen molar-refractivity contribution in [2.24, 2.45) is 0 Å². The first kappa shape index (κ1) is 23.5. The zero-order valence-electron chi connectivity index (χ0n) is 17.3. The van der Waals surface area contributed by atoms with Crippen molar-refractivity contribution in [2.75, 3.05) is 0 Å². The van der Waals surface area contributed by atoms with E-state index in [0.29, 0.717) is 0 Å². The highest BCUT2D eigenvalue weighted by Crippen LogP contribution is 2.29. The van der Waals surface area contributed by atoms with Gasteiger partial charge in [0.05, 0.1) is 32.1 Å². The molecule has 3 rings (SSSR count). The molecule has 10 nitrogen and oxygen atoms in total. The monoisotopic (exact) mass is 460 g/mol. The lowest BCUT2D eigenvalue weighted by molar-refractivity contribution is -0.385. The molecule has 0 saturated heterocycles. The van der Waals surface area contributed by atoms with Gasteiger partial charge in [-0.3, -0.25) is 20.2 Å². The highest BCUT2D eigenvalue weighted by atomic mass is 16.6. The van der Waals surface area contributed by atoms with Crippen LogP contribution in [-0.2, 0) is 9.59 Å². The second-order valence-electron chi connectivity index (χ2n) is 6.94. The molecule has 0 atom stereocenters. The topological polar surface area (TPSA) is 161 Å². The molecular formula is C24H16N2O8. The molecule has 0 aliphatic heterocycles. The maximum absolute atomic E-state index is 12.0. The molecule has 0 unspecified atom stereocenters. The van der Waals surface area contributed by atoms with E-state index < -0.39 is 21.8 Å². The number of aliphatic carboxylic acids is 2. The number of nitro groups is 2. The number of hydrogen-bond acceptors (Lipinski definition) is 6. The van der Waals surface area contributed by atoms with E-state index in [4.69, 9.17) is 0 Å². The van der Waals surface area contributed by atoms with Crippen molar-refractivity contribution in [3.63, 3.8) is 0 Å². The first-order valence-corrected chi connectivity index (χ1v) is 9.66. The minimum atomic E-state index is -1.38. The van der Waals surface area contributed by atoms with E-state index in [0.717, 1.165) is 12.2 Å². The summed E-state index contributed by atoms with van der Waals surface area (Å²) in [6.07, 6.45) is 2.26. The molecule has 0 saturated carbocycles. The third-order valence-electron chi connectivity index (χ3n) is 4.81. The van der Waals surface area contributed by atoms with Crippen LogP contribution in [0, 0.1) is 20.2 Å². The van der Waals surface area contributed by atoms with E-state index in [1.165, 1.54) is 72.8 Å². The summed E-state index contributed by atoms with van der Waals surface area (Å²) >= 11 is 0. The Hall–Kier alpha value is -5.12. The van der Waals surface area contributed by atoms with Gasteiger partial charge in [-0.05, 0) is 41.5 Å². The van der Waals surface area contributed by atoms with Gasteiger partial charge >= 0.3 is 11.9 Å². The number of hydrogen-bond donors (Lipinski definition) is 2. The van der Waals surface area contributed by atoms with E-state index in [1.807, 2.05) is 0 Å². The largest absolute Gasteiger partial charge is 0.478 e. The quantitative estimate of drug-likeness (QED) is 0.211. The van der Waals surface area contributed by atoms with Crippen molar-refractivity contribution in [2.45, 2.75) is 0 Å². The van der Waals surface area contributed by atoms with Gasteiger partial charge in [-0.1, -0.05) is 42.5 Å². The lowest BCUT2D eigenvalue weighted by atomic mass is 9.96. The predicted octanol–water partition coefficient (Wildman–Crippen LogP) is 4.75. The fraction of sp³-hybridized carbons (Fsp3) is 0. The van der Waals surface area contributed by atoms with Gasteiger partial charge in [0.2, 0.25) is 0 Å². The Kier molecular flexibility index (Phi) is 6.92. The van der Waals surface area contributed by atoms with Crippen LogP contribution in [0.15, 0.2) is 72.8 Å². The molecule has 2 N–H and O–H groups in total. The van der Waals surface area contributed by atoms with Crippen molar-refractivity contribution in [1.29, 1.82) is 0 Å². The molecule has 3 aromatic carbocycles. The van der Waals surface area contributed by atoms with Gasteiger partial charge in [-0.2, -0.15) is 0 Å². The second-order valence-corrected chi connectivity index (χ2v) is 6.94. The van der Waals surface area contributed by atoms with Crippen LogP contribution in [-0.4, -0.2) is 32.0 Å². The lowest BCUT2D eigenvalue weighted by Crippen LogP contribution is -2.04. The average molecular weight is 460 g/mol. The summed E-state index contributed by atoms with van der Waals surface area (Å²) in [5.41, 5.74) is -0.873. The first-order valence-electron chi connectivity index (χ1n) is 9.66. The van der Waals surface area contributed by atoms with Crippen LogP contribution in [0.2, 0.25) is 0 Å². The number of benzene rings is 3. The van der Waals surface area contributed by atoms with Crippen molar-refractivity contribution < 1.29 is 29.6 Å². The summed E-state index contributed by atoms with van der Waals surface area (Å²) in [5, 5.41) is 42.1. The predicted molar refractivity (Wildman–Crippen MR) is 124 cm³/mol. The smallest absolute Gasteiger partial charge is 0.336 e. The van der Waals surface area contributed by atoms with Gasteiger partial charge in [0, 0.05) is 12.1 Å². The van der Waals surface area contributed by atoms with Crippen LogP contribution >= 0.6 is 0 Å². The summed E-state index contributed by atoms with van der Waals surface area (Å²) in [6, 6.07) is 16.8. The van der Waals surface area contributed by atoms with E-state index in [1.54, 1.807) is 0 Å². The molecule has 0 aliphatic rings. The number of rotatable bonds is 8. The molecule has 0 aliphatic carbocycles. The molecule has 0 fully saturated rings. The highest BCUT2D eigenvalue weighted by Gasteiger charge is 2.19. The Balaban J connectivity index is 2.16. The summed E-state index contributed by atoms with van der Waals surface area (Å²) in [5.74, 6) is -2.76. The van der Waals surface area contributed by atoms with E-state index >= 15 is 0 Å². The van der Waals surface area contributed by atoms with Gasteiger partial charge < -0.3 is 10.2 Å². The van der Waals surface area contributed by atoms with Gasteiger partial charge in [0.15, 0.2) is 0 Å². The molecule has 0 bridgehead atoms. The summed E-state index contributed by atoms with van der Waals surface area (Å²) in [4.78, 5) is 45.2. The van der Waals surface area contributed by atoms with E-state index in [-0.39, 0.29) is 44.8 Å².